The number of rotatable bonds is 14. The van der Waals surface area contributed by atoms with E-state index in [-0.39, 0.29) is 5.41 Å². The van der Waals surface area contributed by atoms with Crippen LogP contribution in [0.2, 0.25) is 25.7 Å². The maximum absolute atomic E-state index is 5.79. The van der Waals surface area contributed by atoms with Crippen molar-refractivity contribution in [1.29, 1.82) is 0 Å². The molecular formula is C22H42N2O2Si. The van der Waals surface area contributed by atoms with Gasteiger partial charge in [0.05, 0.1) is 13.1 Å². The number of aliphatic imine (C=N–C) groups is 2. The Kier molecular flexibility index (Phi) is 9.34. The largest absolute Gasteiger partial charge is 0.478 e. The molecule has 0 fully saturated rings. The number of nitrogens with zero attached hydrogens (tertiary/aromatic N) is 2. The molecule has 0 spiro atoms. The second kappa shape index (κ2) is 11.2. The molecule has 4 nitrogen and oxygen atoms in total. The standard InChI is InChI=1S/C22H42N2O2Si/c1-22(20-23-15-17-25-20,21-24-16-18-26-21)14-12-10-8-6-5-7-9-11-13-19-27(2,3)4/h5-19H2,1-4H3. The van der Waals surface area contributed by atoms with Gasteiger partial charge in [-0.2, -0.15) is 0 Å². The molecule has 2 heterocycles. The van der Waals surface area contributed by atoms with Gasteiger partial charge in [0.1, 0.15) is 18.6 Å². The van der Waals surface area contributed by atoms with Crippen molar-refractivity contribution < 1.29 is 9.47 Å². The monoisotopic (exact) mass is 394 g/mol. The Bertz CT molecular complexity index is 473. The van der Waals surface area contributed by atoms with E-state index in [9.17, 15) is 0 Å². The molecule has 0 amide bonds. The van der Waals surface area contributed by atoms with E-state index in [1.54, 1.807) is 0 Å². The molecule has 0 radical (unpaired) electrons. The lowest BCUT2D eigenvalue weighted by molar-refractivity contribution is 0.265. The zero-order valence-corrected chi connectivity index (χ0v) is 19.3. The summed E-state index contributed by atoms with van der Waals surface area (Å²) in [6, 6.07) is 1.50. The lowest BCUT2D eigenvalue weighted by atomic mass is 9.83. The van der Waals surface area contributed by atoms with Gasteiger partial charge >= 0.3 is 0 Å². The van der Waals surface area contributed by atoms with Gasteiger partial charge in [-0.3, -0.25) is 9.98 Å². The van der Waals surface area contributed by atoms with Crippen molar-refractivity contribution in [2.24, 2.45) is 15.4 Å². The number of ether oxygens (including phenoxy) is 2. The minimum absolute atomic E-state index is 0.247. The Morgan fingerprint density at radius 3 is 1.59 bits per heavy atom. The third-order valence-electron chi connectivity index (χ3n) is 5.72. The summed E-state index contributed by atoms with van der Waals surface area (Å²) >= 11 is 0. The maximum atomic E-state index is 5.79. The summed E-state index contributed by atoms with van der Waals surface area (Å²) in [5, 5.41) is 0. The number of hydrogen-bond acceptors (Lipinski definition) is 4. The third kappa shape index (κ3) is 7.96. The van der Waals surface area contributed by atoms with Crippen LogP contribution in [-0.2, 0) is 9.47 Å². The van der Waals surface area contributed by atoms with Gasteiger partial charge in [0.15, 0.2) is 11.8 Å². The molecule has 2 rings (SSSR count). The fraction of sp³-hybridized carbons (Fsp3) is 0.909. The molecule has 0 saturated carbocycles. The highest BCUT2D eigenvalue weighted by Crippen LogP contribution is 2.33. The average molecular weight is 395 g/mol. The Morgan fingerprint density at radius 1 is 0.741 bits per heavy atom. The van der Waals surface area contributed by atoms with E-state index in [0.717, 1.165) is 31.3 Å². The van der Waals surface area contributed by atoms with Gasteiger partial charge in [-0.1, -0.05) is 83.5 Å². The first-order chi connectivity index (χ1) is 12.9. The molecule has 0 aromatic carbocycles. The van der Waals surface area contributed by atoms with Crippen molar-refractivity contribution in [2.45, 2.75) is 96.8 Å². The minimum Gasteiger partial charge on any atom is -0.478 e. The summed E-state index contributed by atoms with van der Waals surface area (Å²) in [5.74, 6) is 1.70. The van der Waals surface area contributed by atoms with Crippen LogP contribution in [0, 0.1) is 5.41 Å². The van der Waals surface area contributed by atoms with Crippen LogP contribution in [0.1, 0.15) is 71.1 Å². The number of hydrogen-bond donors (Lipinski definition) is 0. The van der Waals surface area contributed by atoms with E-state index in [1.165, 1.54) is 63.8 Å². The molecule has 0 aliphatic carbocycles. The van der Waals surface area contributed by atoms with Crippen molar-refractivity contribution >= 4 is 19.9 Å². The third-order valence-corrected chi connectivity index (χ3v) is 7.57. The molecule has 0 saturated heterocycles. The molecule has 27 heavy (non-hydrogen) atoms. The maximum Gasteiger partial charge on any atom is 0.199 e. The second-order valence-corrected chi connectivity index (χ2v) is 15.3. The molecule has 0 bridgehead atoms. The molecule has 2 aliphatic rings. The zero-order valence-electron chi connectivity index (χ0n) is 18.3. The quantitative estimate of drug-likeness (QED) is 0.264. The summed E-state index contributed by atoms with van der Waals surface area (Å²) in [7, 11) is -0.818. The highest BCUT2D eigenvalue weighted by Gasteiger charge is 2.41. The van der Waals surface area contributed by atoms with Gasteiger partial charge in [0, 0.05) is 8.07 Å². The van der Waals surface area contributed by atoms with E-state index in [0.29, 0.717) is 13.2 Å². The van der Waals surface area contributed by atoms with Crippen molar-refractivity contribution in [1.82, 2.24) is 0 Å². The smallest absolute Gasteiger partial charge is 0.199 e. The van der Waals surface area contributed by atoms with Crippen LogP contribution in [0.5, 0.6) is 0 Å². The fourth-order valence-electron chi connectivity index (χ4n) is 4.01. The van der Waals surface area contributed by atoms with E-state index >= 15 is 0 Å². The van der Waals surface area contributed by atoms with E-state index < -0.39 is 8.07 Å². The van der Waals surface area contributed by atoms with Gasteiger partial charge in [-0.25, -0.2) is 0 Å². The normalized spacial score (nSPS) is 17.5. The first kappa shape index (κ1) is 22.4. The van der Waals surface area contributed by atoms with Crippen molar-refractivity contribution in [3.8, 4) is 0 Å². The number of unbranched alkanes of at least 4 members (excludes halogenated alkanes) is 8. The van der Waals surface area contributed by atoms with Gasteiger partial charge in [0.2, 0.25) is 0 Å². The van der Waals surface area contributed by atoms with E-state index in [2.05, 4.69) is 36.5 Å². The van der Waals surface area contributed by atoms with Gasteiger partial charge in [-0.05, 0) is 13.3 Å². The molecule has 5 heteroatoms. The van der Waals surface area contributed by atoms with Crippen LogP contribution in [0.4, 0.5) is 0 Å². The lowest BCUT2D eigenvalue weighted by Crippen LogP contribution is -2.37. The summed E-state index contributed by atoms with van der Waals surface area (Å²) in [5.41, 5.74) is -0.247. The molecular weight excluding hydrogens is 352 g/mol. The Balaban J connectivity index is 1.54. The predicted octanol–water partition coefficient (Wildman–Crippen LogP) is 6.09. The van der Waals surface area contributed by atoms with Crippen LogP contribution < -0.4 is 0 Å². The van der Waals surface area contributed by atoms with Gasteiger partial charge in [-0.15, -0.1) is 0 Å². The molecule has 2 aliphatic heterocycles. The van der Waals surface area contributed by atoms with Crippen molar-refractivity contribution in [3.63, 3.8) is 0 Å². The van der Waals surface area contributed by atoms with Gasteiger partial charge in [0.25, 0.3) is 0 Å². The molecule has 0 unspecified atom stereocenters. The summed E-state index contributed by atoms with van der Waals surface area (Å²) in [6.45, 7) is 12.6. The predicted molar refractivity (Wildman–Crippen MR) is 119 cm³/mol. The lowest BCUT2D eigenvalue weighted by Gasteiger charge is -2.28. The Labute approximate surface area is 168 Å². The van der Waals surface area contributed by atoms with Crippen molar-refractivity contribution in [3.05, 3.63) is 0 Å². The minimum atomic E-state index is -0.818. The van der Waals surface area contributed by atoms with E-state index in [4.69, 9.17) is 9.47 Å². The first-order valence-corrected chi connectivity index (χ1v) is 15.0. The fourth-order valence-corrected chi connectivity index (χ4v) is 5.33. The summed E-state index contributed by atoms with van der Waals surface area (Å²) in [4.78, 5) is 9.13. The molecule has 0 aromatic heterocycles. The van der Waals surface area contributed by atoms with Crippen LogP contribution >= 0.6 is 0 Å². The highest BCUT2D eigenvalue weighted by atomic mass is 28.3. The highest BCUT2D eigenvalue weighted by molar-refractivity contribution is 6.76. The molecule has 0 N–H and O–H groups in total. The zero-order chi connectivity index (χ0) is 19.6. The Morgan fingerprint density at radius 2 is 1.19 bits per heavy atom. The van der Waals surface area contributed by atoms with Crippen molar-refractivity contribution in [2.75, 3.05) is 26.3 Å². The Hall–Kier alpha value is -0.843. The molecule has 0 atom stereocenters. The first-order valence-electron chi connectivity index (χ1n) is 11.3. The average Bonchev–Trinajstić information content (AvgIpc) is 3.32. The van der Waals surface area contributed by atoms with Crippen LogP contribution in [-0.4, -0.2) is 46.2 Å². The summed E-state index contributed by atoms with van der Waals surface area (Å²) in [6.07, 6.45) is 13.3. The molecule has 156 valence electrons. The van der Waals surface area contributed by atoms with E-state index in [1.807, 2.05) is 0 Å². The topological polar surface area (TPSA) is 43.2 Å². The molecule has 0 aromatic rings. The SMILES string of the molecule is CC(CCCCCCCCCCC[Si](C)(C)C)(C1=NCCO1)C1=NCCO1. The second-order valence-electron chi connectivity index (χ2n) is 9.65. The van der Waals surface area contributed by atoms with Crippen LogP contribution in [0.25, 0.3) is 0 Å². The van der Waals surface area contributed by atoms with Crippen LogP contribution in [0.15, 0.2) is 9.98 Å². The van der Waals surface area contributed by atoms with Gasteiger partial charge < -0.3 is 9.47 Å². The van der Waals surface area contributed by atoms with Crippen LogP contribution in [0.3, 0.4) is 0 Å². The summed E-state index contributed by atoms with van der Waals surface area (Å²) < 4.78 is 11.6.